The van der Waals surface area contributed by atoms with Gasteiger partial charge in [0, 0.05) is 37.3 Å². The summed E-state index contributed by atoms with van der Waals surface area (Å²) in [4.78, 5) is 23.6. The molecule has 5 heteroatoms. The molecule has 2 amide bonds. The van der Waals surface area contributed by atoms with Crippen LogP contribution in [0.2, 0.25) is 0 Å². The molecule has 2 rings (SSSR count). The van der Waals surface area contributed by atoms with Gasteiger partial charge in [0.1, 0.15) is 0 Å². The van der Waals surface area contributed by atoms with Crippen LogP contribution in [0.5, 0.6) is 0 Å². The van der Waals surface area contributed by atoms with E-state index in [-0.39, 0.29) is 11.8 Å². The quantitative estimate of drug-likeness (QED) is 0.744. The fourth-order valence-electron chi connectivity index (χ4n) is 2.23. The molecule has 21 heavy (non-hydrogen) atoms. The van der Waals surface area contributed by atoms with Crippen molar-refractivity contribution in [1.82, 2.24) is 10.6 Å². The van der Waals surface area contributed by atoms with Gasteiger partial charge < -0.3 is 16.0 Å². The first-order valence-electron chi connectivity index (χ1n) is 7.48. The maximum atomic E-state index is 12.0. The van der Waals surface area contributed by atoms with Gasteiger partial charge in [-0.3, -0.25) is 9.59 Å². The Balaban J connectivity index is 1.76. The molecule has 1 aliphatic heterocycles. The molecule has 0 fully saturated rings. The SMILES string of the molecule is CC(C)CNC(=O)CCNC(=O)c1ccc2c(c1)NCC2. The van der Waals surface area contributed by atoms with Gasteiger partial charge in [0.2, 0.25) is 5.91 Å². The number of rotatable bonds is 6. The summed E-state index contributed by atoms with van der Waals surface area (Å²) in [7, 11) is 0. The fourth-order valence-corrected chi connectivity index (χ4v) is 2.23. The van der Waals surface area contributed by atoms with Gasteiger partial charge in [0.25, 0.3) is 5.91 Å². The number of carbonyl (C=O) groups is 2. The lowest BCUT2D eigenvalue weighted by Gasteiger charge is -2.09. The van der Waals surface area contributed by atoms with E-state index >= 15 is 0 Å². The molecule has 114 valence electrons. The third-order valence-corrected chi connectivity index (χ3v) is 3.43. The van der Waals surface area contributed by atoms with E-state index in [2.05, 4.69) is 16.0 Å². The second-order valence-corrected chi connectivity index (χ2v) is 5.75. The van der Waals surface area contributed by atoms with Crippen LogP contribution in [0.25, 0.3) is 0 Å². The Labute approximate surface area is 125 Å². The average molecular weight is 289 g/mol. The van der Waals surface area contributed by atoms with Crippen molar-refractivity contribution in [2.75, 3.05) is 25.0 Å². The molecule has 0 bridgehead atoms. The van der Waals surface area contributed by atoms with Gasteiger partial charge in [-0.05, 0) is 30.0 Å². The molecular weight excluding hydrogens is 266 g/mol. The molecule has 0 saturated carbocycles. The molecule has 3 N–H and O–H groups in total. The van der Waals surface area contributed by atoms with Gasteiger partial charge in [0.15, 0.2) is 0 Å². The molecule has 0 spiro atoms. The van der Waals surface area contributed by atoms with E-state index in [1.54, 1.807) is 0 Å². The summed E-state index contributed by atoms with van der Waals surface area (Å²) in [6.45, 7) is 6.04. The number of nitrogens with one attached hydrogen (secondary N) is 3. The van der Waals surface area contributed by atoms with Crippen molar-refractivity contribution in [1.29, 1.82) is 0 Å². The lowest BCUT2D eigenvalue weighted by Crippen LogP contribution is -2.32. The van der Waals surface area contributed by atoms with Crippen LogP contribution in [0.15, 0.2) is 18.2 Å². The molecule has 0 aromatic heterocycles. The van der Waals surface area contributed by atoms with E-state index < -0.39 is 0 Å². The first-order valence-corrected chi connectivity index (χ1v) is 7.48. The van der Waals surface area contributed by atoms with E-state index in [0.29, 0.717) is 31.0 Å². The summed E-state index contributed by atoms with van der Waals surface area (Å²) in [5, 5.41) is 8.86. The maximum absolute atomic E-state index is 12.0. The number of benzene rings is 1. The van der Waals surface area contributed by atoms with Crippen molar-refractivity contribution in [3.63, 3.8) is 0 Å². The number of hydrogen-bond acceptors (Lipinski definition) is 3. The predicted octanol–water partition coefficient (Wildman–Crippen LogP) is 1.55. The Kier molecular flexibility index (Phi) is 5.20. The van der Waals surface area contributed by atoms with Crippen molar-refractivity contribution in [3.05, 3.63) is 29.3 Å². The molecule has 5 nitrogen and oxygen atoms in total. The van der Waals surface area contributed by atoms with Gasteiger partial charge in [-0.15, -0.1) is 0 Å². The summed E-state index contributed by atoms with van der Waals surface area (Å²) < 4.78 is 0. The smallest absolute Gasteiger partial charge is 0.251 e. The van der Waals surface area contributed by atoms with E-state index in [1.165, 1.54) is 5.56 Å². The molecule has 0 saturated heterocycles. The van der Waals surface area contributed by atoms with Crippen LogP contribution in [-0.4, -0.2) is 31.4 Å². The number of anilines is 1. The highest BCUT2D eigenvalue weighted by Gasteiger charge is 2.13. The summed E-state index contributed by atoms with van der Waals surface area (Å²) in [5.41, 5.74) is 2.92. The molecule has 1 aromatic rings. The second-order valence-electron chi connectivity index (χ2n) is 5.75. The van der Waals surface area contributed by atoms with Crippen LogP contribution in [0.3, 0.4) is 0 Å². The Bertz CT molecular complexity index is 526. The maximum Gasteiger partial charge on any atom is 0.251 e. The minimum Gasteiger partial charge on any atom is -0.384 e. The van der Waals surface area contributed by atoms with E-state index in [4.69, 9.17) is 0 Å². The van der Waals surface area contributed by atoms with Crippen LogP contribution in [-0.2, 0) is 11.2 Å². The monoisotopic (exact) mass is 289 g/mol. The number of carbonyl (C=O) groups excluding carboxylic acids is 2. The van der Waals surface area contributed by atoms with Crippen LogP contribution in [0.4, 0.5) is 5.69 Å². The first kappa shape index (κ1) is 15.4. The van der Waals surface area contributed by atoms with Crippen LogP contribution in [0, 0.1) is 5.92 Å². The summed E-state index contributed by atoms with van der Waals surface area (Å²) >= 11 is 0. The summed E-state index contributed by atoms with van der Waals surface area (Å²) in [6.07, 6.45) is 1.31. The van der Waals surface area contributed by atoms with E-state index in [1.807, 2.05) is 32.0 Å². The highest BCUT2D eigenvalue weighted by Crippen LogP contribution is 2.23. The van der Waals surface area contributed by atoms with Crippen molar-refractivity contribution in [2.24, 2.45) is 5.92 Å². The zero-order valence-corrected chi connectivity index (χ0v) is 12.7. The third kappa shape index (κ3) is 4.48. The van der Waals surface area contributed by atoms with Crippen LogP contribution >= 0.6 is 0 Å². The predicted molar refractivity (Wildman–Crippen MR) is 83.4 cm³/mol. The highest BCUT2D eigenvalue weighted by molar-refractivity contribution is 5.95. The highest BCUT2D eigenvalue weighted by atomic mass is 16.2. The second kappa shape index (κ2) is 7.11. The zero-order chi connectivity index (χ0) is 15.2. The first-order chi connectivity index (χ1) is 10.1. The largest absolute Gasteiger partial charge is 0.384 e. The number of fused-ring (bicyclic) bond motifs is 1. The molecule has 0 aliphatic carbocycles. The lowest BCUT2D eigenvalue weighted by molar-refractivity contribution is -0.121. The van der Waals surface area contributed by atoms with Gasteiger partial charge in [-0.2, -0.15) is 0 Å². The third-order valence-electron chi connectivity index (χ3n) is 3.43. The van der Waals surface area contributed by atoms with Crippen LogP contribution < -0.4 is 16.0 Å². The van der Waals surface area contributed by atoms with Gasteiger partial charge >= 0.3 is 0 Å². The Hall–Kier alpha value is -2.04. The molecule has 0 unspecified atom stereocenters. The Morgan fingerprint density at radius 3 is 2.86 bits per heavy atom. The van der Waals surface area contributed by atoms with E-state index in [0.717, 1.165) is 18.7 Å². The molecular formula is C16H23N3O2. The topological polar surface area (TPSA) is 70.2 Å². The Morgan fingerprint density at radius 1 is 1.29 bits per heavy atom. The molecule has 0 radical (unpaired) electrons. The van der Waals surface area contributed by atoms with Crippen molar-refractivity contribution >= 4 is 17.5 Å². The fraction of sp³-hybridized carbons (Fsp3) is 0.500. The van der Waals surface area contributed by atoms with Gasteiger partial charge in [-0.1, -0.05) is 19.9 Å². The van der Waals surface area contributed by atoms with Gasteiger partial charge in [-0.25, -0.2) is 0 Å². The number of hydrogen-bond donors (Lipinski definition) is 3. The van der Waals surface area contributed by atoms with Crippen LogP contribution in [0.1, 0.15) is 36.2 Å². The minimum absolute atomic E-state index is 0.0281. The van der Waals surface area contributed by atoms with Gasteiger partial charge in [0.05, 0.1) is 0 Å². The summed E-state index contributed by atoms with van der Waals surface area (Å²) in [6, 6.07) is 5.69. The zero-order valence-electron chi connectivity index (χ0n) is 12.7. The molecule has 1 aromatic carbocycles. The standard InChI is InChI=1S/C16H23N3O2/c1-11(2)10-19-15(20)6-8-18-16(21)13-4-3-12-5-7-17-14(12)9-13/h3-4,9,11,17H,5-8,10H2,1-2H3,(H,18,21)(H,19,20). The van der Waals surface area contributed by atoms with Crippen molar-refractivity contribution in [3.8, 4) is 0 Å². The Morgan fingerprint density at radius 2 is 2.10 bits per heavy atom. The molecule has 1 aliphatic rings. The van der Waals surface area contributed by atoms with Crippen molar-refractivity contribution < 1.29 is 9.59 Å². The molecule has 0 atom stereocenters. The average Bonchev–Trinajstić information content (AvgIpc) is 2.92. The summed E-state index contributed by atoms with van der Waals surface area (Å²) in [5.74, 6) is 0.269. The lowest BCUT2D eigenvalue weighted by atomic mass is 10.1. The molecule has 1 heterocycles. The van der Waals surface area contributed by atoms with Crippen molar-refractivity contribution in [2.45, 2.75) is 26.7 Å². The van der Waals surface area contributed by atoms with E-state index in [9.17, 15) is 9.59 Å². The minimum atomic E-state index is -0.136. The normalized spacial score (nSPS) is 12.7. The number of amides is 2.